The molecule has 0 saturated carbocycles. The molecule has 0 heterocycles. The highest BCUT2D eigenvalue weighted by atomic mass is 16.4. The van der Waals surface area contributed by atoms with Crippen LogP contribution in [0.3, 0.4) is 0 Å². The van der Waals surface area contributed by atoms with E-state index in [4.69, 9.17) is 15.3 Å². The Labute approximate surface area is 84.1 Å². The molecule has 2 atom stereocenters. The molecule has 15 heavy (non-hydrogen) atoms. The van der Waals surface area contributed by atoms with Gasteiger partial charge in [0.2, 0.25) is 5.72 Å². The number of carboxylic acid groups (broad SMARTS) is 3. The topological polar surface area (TPSA) is 144 Å². The molecule has 0 aromatic carbocycles. The fourth-order valence-corrected chi connectivity index (χ4v) is 0.827. The summed E-state index contributed by atoms with van der Waals surface area (Å²) in [5.74, 6) is -4.82. The van der Waals surface area contributed by atoms with Gasteiger partial charge >= 0.3 is 17.9 Å². The molecule has 0 aromatic rings. The first-order valence-electron chi connectivity index (χ1n) is 3.87. The third kappa shape index (κ3) is 3.92. The van der Waals surface area contributed by atoms with Crippen molar-refractivity contribution in [3.05, 3.63) is 0 Å². The Bertz CT molecular complexity index is 289. The monoisotopic (exact) mass is 221 g/mol. The SMILES string of the molecule is CC(NC(O)(CC(=O)O)C(=O)O)C(=O)O. The summed E-state index contributed by atoms with van der Waals surface area (Å²) < 4.78 is 0. The van der Waals surface area contributed by atoms with Crippen molar-refractivity contribution >= 4 is 17.9 Å². The highest BCUT2D eigenvalue weighted by Crippen LogP contribution is 2.08. The van der Waals surface area contributed by atoms with Crippen LogP contribution in [0, 0.1) is 0 Å². The van der Waals surface area contributed by atoms with Crippen molar-refractivity contribution in [3.8, 4) is 0 Å². The van der Waals surface area contributed by atoms with Crippen LogP contribution in [0.25, 0.3) is 0 Å². The molecular formula is C7H11NO7. The van der Waals surface area contributed by atoms with Gasteiger partial charge in [0.1, 0.15) is 6.04 Å². The van der Waals surface area contributed by atoms with Gasteiger partial charge in [0, 0.05) is 0 Å². The van der Waals surface area contributed by atoms with Crippen LogP contribution in [-0.2, 0) is 14.4 Å². The van der Waals surface area contributed by atoms with Crippen molar-refractivity contribution in [3.63, 3.8) is 0 Å². The number of aliphatic carboxylic acids is 3. The Morgan fingerprint density at radius 2 is 1.73 bits per heavy atom. The lowest BCUT2D eigenvalue weighted by atomic mass is 10.1. The van der Waals surface area contributed by atoms with Gasteiger partial charge in [0.15, 0.2) is 0 Å². The van der Waals surface area contributed by atoms with E-state index >= 15 is 0 Å². The van der Waals surface area contributed by atoms with E-state index in [1.807, 2.05) is 0 Å². The van der Waals surface area contributed by atoms with E-state index in [1.54, 1.807) is 5.32 Å². The molecule has 2 unspecified atom stereocenters. The molecule has 86 valence electrons. The highest BCUT2D eigenvalue weighted by molar-refractivity contribution is 5.84. The molecule has 0 radical (unpaired) electrons. The summed E-state index contributed by atoms with van der Waals surface area (Å²) in [6.07, 6.45) is -1.14. The zero-order chi connectivity index (χ0) is 12.2. The lowest BCUT2D eigenvalue weighted by Crippen LogP contribution is -2.58. The number of hydrogen-bond donors (Lipinski definition) is 5. The Balaban J connectivity index is 4.73. The lowest BCUT2D eigenvalue weighted by Gasteiger charge is -2.25. The molecule has 0 aliphatic rings. The zero-order valence-electron chi connectivity index (χ0n) is 7.80. The molecule has 5 N–H and O–H groups in total. The summed E-state index contributed by atoms with van der Waals surface area (Å²) in [4.78, 5) is 31.2. The maximum Gasteiger partial charge on any atom is 0.351 e. The molecule has 0 spiro atoms. The minimum Gasteiger partial charge on any atom is -0.481 e. The Morgan fingerprint density at radius 3 is 2.00 bits per heavy atom. The Kier molecular flexibility index (Phi) is 4.19. The van der Waals surface area contributed by atoms with Crippen LogP contribution in [0.5, 0.6) is 0 Å². The molecule has 8 heteroatoms. The molecule has 0 fully saturated rings. The van der Waals surface area contributed by atoms with Gasteiger partial charge in [-0.05, 0) is 6.92 Å². The first-order valence-corrected chi connectivity index (χ1v) is 3.87. The second-order valence-corrected chi connectivity index (χ2v) is 2.94. The molecule has 0 amide bonds. The van der Waals surface area contributed by atoms with Crippen molar-refractivity contribution in [1.29, 1.82) is 0 Å². The van der Waals surface area contributed by atoms with Crippen LogP contribution in [0.1, 0.15) is 13.3 Å². The van der Waals surface area contributed by atoms with Gasteiger partial charge in [-0.2, -0.15) is 0 Å². The van der Waals surface area contributed by atoms with Crippen LogP contribution in [0.4, 0.5) is 0 Å². The number of carboxylic acids is 3. The number of rotatable bonds is 6. The standard InChI is InChI=1S/C7H11NO7/c1-3(5(11)12)8-7(15,6(13)14)2-4(9)10/h3,8,15H,2H2,1H3,(H,9,10)(H,11,12)(H,13,14). The van der Waals surface area contributed by atoms with Gasteiger partial charge in [-0.25, -0.2) is 4.79 Å². The summed E-state index contributed by atoms with van der Waals surface area (Å²) in [6.45, 7) is 1.08. The average Bonchev–Trinajstić information content (AvgIpc) is 2.01. The van der Waals surface area contributed by atoms with Gasteiger partial charge < -0.3 is 20.4 Å². The van der Waals surface area contributed by atoms with E-state index in [0.29, 0.717) is 0 Å². The van der Waals surface area contributed by atoms with Crippen molar-refractivity contribution in [2.24, 2.45) is 0 Å². The van der Waals surface area contributed by atoms with E-state index in [9.17, 15) is 19.5 Å². The summed E-state index contributed by atoms with van der Waals surface area (Å²) in [5, 5.41) is 36.5. The lowest BCUT2D eigenvalue weighted by molar-refractivity contribution is -0.171. The Morgan fingerprint density at radius 1 is 1.27 bits per heavy atom. The van der Waals surface area contributed by atoms with E-state index < -0.39 is 36.1 Å². The predicted molar refractivity (Wildman–Crippen MR) is 45.1 cm³/mol. The summed E-state index contributed by atoms with van der Waals surface area (Å²) in [5.41, 5.74) is -2.79. The second kappa shape index (κ2) is 4.71. The Hall–Kier alpha value is -1.67. The first-order chi connectivity index (χ1) is 6.69. The number of aliphatic hydroxyl groups is 1. The van der Waals surface area contributed by atoms with Gasteiger partial charge in [-0.3, -0.25) is 14.9 Å². The van der Waals surface area contributed by atoms with Gasteiger partial charge in [0.05, 0.1) is 6.42 Å². The summed E-state index contributed by atoms with van der Waals surface area (Å²) >= 11 is 0. The minimum absolute atomic E-state index is 1.08. The van der Waals surface area contributed by atoms with Crippen LogP contribution in [-0.4, -0.2) is 50.1 Å². The zero-order valence-corrected chi connectivity index (χ0v) is 7.80. The smallest absolute Gasteiger partial charge is 0.351 e. The maximum atomic E-state index is 10.5. The molecule has 0 bridgehead atoms. The molecule has 0 aliphatic carbocycles. The first kappa shape index (κ1) is 13.3. The van der Waals surface area contributed by atoms with Gasteiger partial charge in [-0.15, -0.1) is 0 Å². The van der Waals surface area contributed by atoms with Crippen LogP contribution in [0.15, 0.2) is 0 Å². The highest BCUT2D eigenvalue weighted by Gasteiger charge is 2.40. The normalized spacial score (nSPS) is 16.4. The fraction of sp³-hybridized carbons (Fsp3) is 0.571. The number of nitrogens with one attached hydrogen (secondary N) is 1. The van der Waals surface area contributed by atoms with E-state index in [1.165, 1.54) is 0 Å². The largest absolute Gasteiger partial charge is 0.481 e. The van der Waals surface area contributed by atoms with Crippen LogP contribution in [0.2, 0.25) is 0 Å². The predicted octanol–water partition coefficient (Wildman–Crippen LogP) is -1.70. The van der Waals surface area contributed by atoms with Gasteiger partial charge in [-0.1, -0.05) is 0 Å². The average molecular weight is 221 g/mol. The third-order valence-electron chi connectivity index (χ3n) is 1.59. The summed E-state index contributed by atoms with van der Waals surface area (Å²) in [6, 6.07) is -1.38. The second-order valence-electron chi connectivity index (χ2n) is 2.94. The number of carbonyl (C=O) groups is 3. The fourth-order valence-electron chi connectivity index (χ4n) is 0.827. The number of hydrogen-bond acceptors (Lipinski definition) is 5. The maximum absolute atomic E-state index is 10.5. The molecular weight excluding hydrogens is 210 g/mol. The molecule has 0 rings (SSSR count). The van der Waals surface area contributed by atoms with E-state index in [-0.39, 0.29) is 0 Å². The van der Waals surface area contributed by atoms with Crippen LogP contribution < -0.4 is 5.32 Å². The van der Waals surface area contributed by atoms with Gasteiger partial charge in [0.25, 0.3) is 0 Å². The van der Waals surface area contributed by atoms with Crippen molar-refractivity contribution < 1.29 is 34.8 Å². The van der Waals surface area contributed by atoms with Crippen LogP contribution >= 0.6 is 0 Å². The molecule has 8 nitrogen and oxygen atoms in total. The molecule has 0 aromatic heterocycles. The van der Waals surface area contributed by atoms with Crippen molar-refractivity contribution in [2.45, 2.75) is 25.1 Å². The van der Waals surface area contributed by atoms with E-state index in [2.05, 4.69) is 0 Å². The van der Waals surface area contributed by atoms with E-state index in [0.717, 1.165) is 6.92 Å². The minimum atomic E-state index is -2.79. The summed E-state index contributed by atoms with van der Waals surface area (Å²) in [7, 11) is 0. The molecule has 0 aliphatic heterocycles. The van der Waals surface area contributed by atoms with Crippen molar-refractivity contribution in [1.82, 2.24) is 5.32 Å². The third-order valence-corrected chi connectivity index (χ3v) is 1.59. The quantitative estimate of drug-likeness (QED) is 0.334. The molecule has 0 saturated heterocycles. The van der Waals surface area contributed by atoms with Crippen molar-refractivity contribution in [2.75, 3.05) is 0 Å².